The van der Waals surface area contributed by atoms with E-state index in [1.165, 1.54) is 6.07 Å². The van der Waals surface area contributed by atoms with Crippen molar-refractivity contribution in [1.29, 1.82) is 0 Å². The van der Waals surface area contributed by atoms with Gasteiger partial charge in [-0.25, -0.2) is 4.39 Å². The summed E-state index contributed by atoms with van der Waals surface area (Å²) in [5, 5.41) is 2.27. The van der Waals surface area contributed by atoms with Crippen molar-refractivity contribution in [1.82, 2.24) is 0 Å². The molecule has 0 aliphatic carbocycles. The van der Waals surface area contributed by atoms with Crippen LogP contribution in [0.25, 0.3) is 0 Å². The number of amides is 1. The Morgan fingerprint density at radius 1 is 1.60 bits per heavy atom. The SMILES string of the molecule is Cc1cc(F)c(Br)cc1NC(=O)C(C)S. The predicted octanol–water partition coefficient (Wildman–Crippen LogP) is 3.15. The number of rotatable bonds is 2. The van der Waals surface area contributed by atoms with Gasteiger partial charge in [-0.15, -0.1) is 0 Å². The van der Waals surface area contributed by atoms with Crippen LogP contribution in [0, 0.1) is 12.7 Å². The van der Waals surface area contributed by atoms with Crippen LogP contribution < -0.4 is 5.32 Å². The minimum atomic E-state index is -0.395. The smallest absolute Gasteiger partial charge is 0.236 e. The summed E-state index contributed by atoms with van der Waals surface area (Å²) in [6.45, 7) is 3.40. The molecule has 0 heterocycles. The summed E-state index contributed by atoms with van der Waals surface area (Å²) in [4.78, 5) is 11.4. The molecule has 0 radical (unpaired) electrons. The van der Waals surface area contributed by atoms with Crippen molar-refractivity contribution in [3.63, 3.8) is 0 Å². The van der Waals surface area contributed by atoms with E-state index in [2.05, 4.69) is 33.9 Å². The lowest BCUT2D eigenvalue weighted by molar-refractivity contribution is -0.115. The van der Waals surface area contributed by atoms with Crippen molar-refractivity contribution in [2.24, 2.45) is 0 Å². The van der Waals surface area contributed by atoms with Crippen LogP contribution >= 0.6 is 28.6 Å². The first kappa shape index (κ1) is 12.5. The minimum absolute atomic E-state index is 0.208. The third kappa shape index (κ3) is 3.21. The van der Waals surface area contributed by atoms with Gasteiger partial charge in [0.05, 0.1) is 9.72 Å². The van der Waals surface area contributed by atoms with Crippen LogP contribution in [-0.4, -0.2) is 11.2 Å². The predicted molar refractivity (Wildman–Crippen MR) is 65.9 cm³/mol. The maximum Gasteiger partial charge on any atom is 0.236 e. The summed E-state index contributed by atoms with van der Waals surface area (Å²) in [5.74, 6) is -0.552. The van der Waals surface area contributed by atoms with Crippen molar-refractivity contribution in [2.45, 2.75) is 19.1 Å². The highest BCUT2D eigenvalue weighted by Crippen LogP contribution is 2.24. The summed E-state index contributed by atoms with van der Waals surface area (Å²) in [6, 6.07) is 2.90. The van der Waals surface area contributed by atoms with Crippen LogP contribution in [0.3, 0.4) is 0 Å². The lowest BCUT2D eigenvalue weighted by atomic mass is 10.2. The first-order valence-electron chi connectivity index (χ1n) is 4.36. The largest absolute Gasteiger partial charge is 0.325 e. The molecule has 0 saturated heterocycles. The van der Waals surface area contributed by atoms with E-state index in [1.807, 2.05) is 0 Å². The summed E-state index contributed by atoms with van der Waals surface area (Å²) in [7, 11) is 0. The first-order valence-corrected chi connectivity index (χ1v) is 5.67. The number of nitrogens with one attached hydrogen (secondary N) is 1. The highest BCUT2D eigenvalue weighted by molar-refractivity contribution is 9.10. The monoisotopic (exact) mass is 291 g/mol. The molecule has 1 aromatic carbocycles. The number of carbonyl (C=O) groups excluding carboxylic acids is 1. The molecule has 0 saturated carbocycles. The van der Waals surface area contributed by atoms with Crippen molar-refractivity contribution in [2.75, 3.05) is 5.32 Å². The molecule has 5 heteroatoms. The number of thiol groups is 1. The van der Waals surface area contributed by atoms with Gasteiger partial charge in [-0.2, -0.15) is 12.6 Å². The van der Waals surface area contributed by atoms with Crippen molar-refractivity contribution >= 4 is 40.2 Å². The number of hydrogen-bond donors (Lipinski definition) is 2. The average Bonchev–Trinajstić information content (AvgIpc) is 2.13. The molecule has 1 rings (SSSR count). The number of benzene rings is 1. The Morgan fingerprint density at radius 3 is 2.73 bits per heavy atom. The van der Waals surface area contributed by atoms with Crippen LogP contribution in [0.4, 0.5) is 10.1 Å². The van der Waals surface area contributed by atoms with Crippen LogP contribution in [0.15, 0.2) is 16.6 Å². The number of aryl methyl sites for hydroxylation is 1. The maximum absolute atomic E-state index is 13.1. The normalized spacial score (nSPS) is 12.3. The molecule has 1 N–H and O–H groups in total. The fraction of sp³-hybridized carbons (Fsp3) is 0.300. The van der Waals surface area contributed by atoms with E-state index in [9.17, 15) is 9.18 Å². The fourth-order valence-corrected chi connectivity index (χ4v) is 1.43. The Balaban J connectivity index is 2.96. The topological polar surface area (TPSA) is 29.1 Å². The highest BCUT2D eigenvalue weighted by atomic mass is 79.9. The molecule has 0 aromatic heterocycles. The van der Waals surface area contributed by atoms with Gasteiger partial charge in [-0.3, -0.25) is 4.79 Å². The van der Waals surface area contributed by atoms with Crippen molar-refractivity contribution in [3.8, 4) is 0 Å². The molecule has 0 aliphatic heterocycles. The Hall–Kier alpha value is -0.550. The zero-order valence-corrected chi connectivity index (χ0v) is 10.8. The zero-order chi connectivity index (χ0) is 11.6. The van der Waals surface area contributed by atoms with E-state index in [1.54, 1.807) is 19.9 Å². The van der Waals surface area contributed by atoms with E-state index in [0.29, 0.717) is 15.7 Å². The molecule has 1 atom stereocenters. The molecule has 0 aliphatic rings. The second-order valence-electron chi connectivity index (χ2n) is 3.25. The Labute approximate surface area is 102 Å². The average molecular weight is 292 g/mol. The van der Waals surface area contributed by atoms with Gasteiger partial charge in [-0.1, -0.05) is 0 Å². The molecule has 1 amide bonds. The maximum atomic E-state index is 13.1. The van der Waals surface area contributed by atoms with E-state index >= 15 is 0 Å². The molecule has 82 valence electrons. The zero-order valence-electron chi connectivity index (χ0n) is 8.34. The lowest BCUT2D eigenvalue weighted by Gasteiger charge is -2.10. The van der Waals surface area contributed by atoms with Crippen LogP contribution in [-0.2, 0) is 4.79 Å². The second kappa shape index (κ2) is 4.99. The molecule has 0 spiro atoms. The molecule has 1 unspecified atom stereocenters. The standard InChI is InChI=1S/C10H11BrFNOS/c1-5-3-8(12)7(11)4-9(5)13-10(14)6(2)15/h3-4,6,15H,1-2H3,(H,13,14). The molecule has 15 heavy (non-hydrogen) atoms. The van der Waals surface area contributed by atoms with Crippen LogP contribution in [0.2, 0.25) is 0 Å². The number of anilines is 1. The Morgan fingerprint density at radius 2 is 2.20 bits per heavy atom. The van der Waals surface area contributed by atoms with Gasteiger partial charge < -0.3 is 5.32 Å². The third-order valence-corrected chi connectivity index (χ3v) is 2.75. The van der Waals surface area contributed by atoms with Crippen LogP contribution in [0.1, 0.15) is 12.5 Å². The number of halogens is 2. The van der Waals surface area contributed by atoms with Gasteiger partial charge in [-0.05, 0) is 47.5 Å². The summed E-state index contributed by atoms with van der Waals surface area (Å²) >= 11 is 7.07. The lowest BCUT2D eigenvalue weighted by Crippen LogP contribution is -2.21. The van der Waals surface area contributed by atoms with E-state index in [4.69, 9.17) is 0 Å². The van der Waals surface area contributed by atoms with Gasteiger partial charge >= 0.3 is 0 Å². The Bertz CT molecular complexity index is 395. The van der Waals surface area contributed by atoms with E-state index < -0.39 is 5.25 Å². The van der Waals surface area contributed by atoms with Gasteiger partial charge in [0.25, 0.3) is 0 Å². The molecular weight excluding hydrogens is 281 g/mol. The first-order chi connectivity index (χ1) is 6.91. The molecule has 2 nitrogen and oxygen atoms in total. The van der Waals surface area contributed by atoms with E-state index in [-0.39, 0.29) is 11.7 Å². The highest BCUT2D eigenvalue weighted by Gasteiger charge is 2.11. The quantitative estimate of drug-likeness (QED) is 0.806. The number of carbonyl (C=O) groups is 1. The second-order valence-corrected chi connectivity index (χ2v) is 4.88. The Kier molecular flexibility index (Phi) is 4.16. The third-order valence-electron chi connectivity index (χ3n) is 1.90. The van der Waals surface area contributed by atoms with Crippen LogP contribution in [0.5, 0.6) is 0 Å². The molecule has 0 fully saturated rings. The van der Waals surface area contributed by atoms with Crippen molar-refractivity contribution in [3.05, 3.63) is 28.0 Å². The van der Waals surface area contributed by atoms with E-state index in [0.717, 1.165) is 0 Å². The van der Waals surface area contributed by atoms with Gasteiger partial charge in [0, 0.05) is 5.69 Å². The summed E-state index contributed by atoms with van der Waals surface area (Å²) < 4.78 is 13.4. The minimum Gasteiger partial charge on any atom is -0.325 e. The molecule has 0 bridgehead atoms. The van der Waals surface area contributed by atoms with Gasteiger partial charge in [0.2, 0.25) is 5.91 Å². The number of hydrogen-bond acceptors (Lipinski definition) is 2. The fourth-order valence-electron chi connectivity index (χ4n) is 1.02. The van der Waals surface area contributed by atoms with Gasteiger partial charge in [0.1, 0.15) is 5.82 Å². The summed E-state index contributed by atoms with van der Waals surface area (Å²) in [5.41, 5.74) is 1.27. The molecular formula is C10H11BrFNOS. The molecule has 1 aromatic rings. The van der Waals surface area contributed by atoms with Gasteiger partial charge in [0.15, 0.2) is 0 Å². The summed E-state index contributed by atoms with van der Waals surface area (Å²) in [6.07, 6.45) is 0. The van der Waals surface area contributed by atoms with Crippen molar-refractivity contribution < 1.29 is 9.18 Å².